The van der Waals surface area contributed by atoms with Crippen molar-refractivity contribution in [3.8, 4) is 5.75 Å². The number of benzene rings is 1. The number of carboxylic acid groups (broad SMARTS) is 1. The van der Waals surface area contributed by atoms with Gasteiger partial charge in [-0.3, -0.25) is 4.79 Å². The number of carboxylic acids is 1. The highest BCUT2D eigenvalue weighted by Gasteiger charge is 2.26. The van der Waals surface area contributed by atoms with Gasteiger partial charge >= 0.3 is 5.97 Å². The fourth-order valence-electron chi connectivity index (χ4n) is 2.16. The monoisotopic (exact) mass is 322 g/mol. The van der Waals surface area contributed by atoms with Crippen LogP contribution in [0.2, 0.25) is 0 Å². The van der Waals surface area contributed by atoms with Gasteiger partial charge < -0.3 is 19.7 Å². The van der Waals surface area contributed by atoms with E-state index in [9.17, 15) is 19.1 Å². The van der Waals surface area contributed by atoms with Crippen LogP contribution in [-0.2, 0) is 4.79 Å². The van der Waals surface area contributed by atoms with Crippen LogP contribution in [0.15, 0.2) is 22.7 Å². The maximum absolute atomic E-state index is 13.8. The Kier molecular flexibility index (Phi) is 4.63. The fourth-order valence-corrected chi connectivity index (χ4v) is 2.16. The largest absolute Gasteiger partial charge is 0.494 e. The Morgan fingerprint density at radius 3 is 2.57 bits per heavy atom. The van der Waals surface area contributed by atoms with Gasteiger partial charge in [-0.15, -0.1) is 0 Å². The third kappa shape index (κ3) is 3.31. The number of carbonyl (C=O) groups excluding carboxylic acids is 1. The van der Waals surface area contributed by atoms with Crippen LogP contribution in [-0.4, -0.2) is 29.2 Å². The minimum atomic E-state index is -1.42. The second kappa shape index (κ2) is 6.47. The summed E-state index contributed by atoms with van der Waals surface area (Å²) >= 11 is 0. The first-order valence-corrected chi connectivity index (χ1v) is 6.65. The minimum Gasteiger partial charge on any atom is -0.494 e. The molecule has 8 heteroatoms. The summed E-state index contributed by atoms with van der Waals surface area (Å²) < 4.78 is 23.4. The zero-order valence-corrected chi connectivity index (χ0v) is 12.7. The Labute approximate surface area is 131 Å². The van der Waals surface area contributed by atoms with E-state index in [0.717, 1.165) is 6.07 Å². The summed E-state index contributed by atoms with van der Waals surface area (Å²) in [6, 6.07) is 2.25. The van der Waals surface area contributed by atoms with Crippen molar-refractivity contribution in [1.82, 2.24) is 10.5 Å². The van der Waals surface area contributed by atoms with E-state index < -0.39 is 23.7 Å². The van der Waals surface area contributed by atoms with Crippen molar-refractivity contribution in [3.05, 3.63) is 46.6 Å². The lowest BCUT2D eigenvalue weighted by Crippen LogP contribution is -2.34. The standard InChI is InChI=1S/C15H15FN2O5/c1-7-12(8(2)23-18-7)14(19)17-13(15(20)21)9-4-5-11(22-3)10(16)6-9/h4-6,13H,1-3H3,(H,17,19)(H,20,21). The molecule has 1 aromatic heterocycles. The van der Waals surface area contributed by atoms with Gasteiger partial charge in [0.05, 0.1) is 12.8 Å². The van der Waals surface area contributed by atoms with Crippen molar-refractivity contribution in [2.45, 2.75) is 19.9 Å². The van der Waals surface area contributed by atoms with Gasteiger partial charge in [-0.2, -0.15) is 0 Å². The van der Waals surface area contributed by atoms with Crippen LogP contribution in [0, 0.1) is 19.7 Å². The number of carbonyl (C=O) groups is 2. The summed E-state index contributed by atoms with van der Waals surface area (Å²) in [7, 11) is 1.30. The fraction of sp³-hybridized carbons (Fsp3) is 0.267. The minimum absolute atomic E-state index is 0.0186. The Morgan fingerprint density at radius 2 is 2.09 bits per heavy atom. The van der Waals surface area contributed by atoms with Gasteiger partial charge in [0, 0.05) is 0 Å². The smallest absolute Gasteiger partial charge is 0.330 e. The number of aromatic nitrogens is 1. The number of methoxy groups -OCH3 is 1. The van der Waals surface area contributed by atoms with E-state index in [1.807, 2.05) is 0 Å². The predicted molar refractivity (Wildman–Crippen MR) is 76.8 cm³/mol. The number of aliphatic carboxylic acids is 1. The molecule has 122 valence electrons. The molecule has 0 bridgehead atoms. The number of rotatable bonds is 5. The maximum atomic E-state index is 13.8. The molecule has 23 heavy (non-hydrogen) atoms. The Balaban J connectivity index is 2.31. The summed E-state index contributed by atoms with van der Waals surface area (Å²) in [6.45, 7) is 3.10. The van der Waals surface area contributed by atoms with Crippen LogP contribution in [0.4, 0.5) is 4.39 Å². The van der Waals surface area contributed by atoms with Crippen LogP contribution in [0.1, 0.15) is 33.4 Å². The SMILES string of the molecule is COc1ccc(C(NC(=O)c2c(C)noc2C)C(=O)O)cc1F. The second-order valence-corrected chi connectivity index (χ2v) is 4.84. The van der Waals surface area contributed by atoms with E-state index in [1.54, 1.807) is 6.92 Å². The quantitative estimate of drug-likeness (QED) is 0.873. The molecular weight excluding hydrogens is 307 g/mol. The third-order valence-corrected chi connectivity index (χ3v) is 3.29. The average Bonchev–Trinajstić information content (AvgIpc) is 2.83. The number of amides is 1. The van der Waals surface area contributed by atoms with E-state index in [1.165, 1.54) is 26.2 Å². The third-order valence-electron chi connectivity index (χ3n) is 3.29. The van der Waals surface area contributed by atoms with Gasteiger partial charge in [0.2, 0.25) is 0 Å². The van der Waals surface area contributed by atoms with E-state index in [0.29, 0.717) is 5.69 Å². The van der Waals surface area contributed by atoms with Crippen LogP contribution < -0.4 is 10.1 Å². The van der Waals surface area contributed by atoms with Gasteiger partial charge in [0.15, 0.2) is 17.6 Å². The molecule has 0 aliphatic rings. The number of ether oxygens (including phenoxy) is 1. The maximum Gasteiger partial charge on any atom is 0.330 e. The van der Waals surface area contributed by atoms with Gasteiger partial charge in [-0.1, -0.05) is 11.2 Å². The molecule has 2 rings (SSSR count). The predicted octanol–water partition coefficient (Wildman–Crippen LogP) is 1.99. The lowest BCUT2D eigenvalue weighted by molar-refractivity contribution is -0.139. The molecular formula is C15H15FN2O5. The Hall–Kier alpha value is -2.90. The molecule has 1 heterocycles. The zero-order valence-electron chi connectivity index (χ0n) is 12.7. The molecule has 0 spiro atoms. The first-order valence-electron chi connectivity index (χ1n) is 6.65. The highest BCUT2D eigenvalue weighted by atomic mass is 19.1. The van der Waals surface area contributed by atoms with E-state index >= 15 is 0 Å². The number of nitrogens with zero attached hydrogens (tertiary/aromatic N) is 1. The first kappa shape index (κ1) is 16.5. The number of aryl methyl sites for hydroxylation is 2. The Morgan fingerprint density at radius 1 is 1.39 bits per heavy atom. The number of hydrogen-bond donors (Lipinski definition) is 2. The van der Waals surface area contributed by atoms with Crippen LogP contribution >= 0.6 is 0 Å². The van der Waals surface area contributed by atoms with E-state index in [4.69, 9.17) is 9.26 Å². The Bertz CT molecular complexity index is 737. The van der Waals surface area contributed by atoms with Crippen LogP contribution in [0.3, 0.4) is 0 Å². The van der Waals surface area contributed by atoms with Crippen molar-refractivity contribution in [1.29, 1.82) is 0 Å². The molecule has 1 unspecified atom stereocenters. The summed E-state index contributed by atoms with van der Waals surface area (Å²) in [4.78, 5) is 23.7. The molecule has 2 N–H and O–H groups in total. The van der Waals surface area contributed by atoms with Gasteiger partial charge in [-0.05, 0) is 31.5 Å². The van der Waals surface area contributed by atoms with Crippen LogP contribution in [0.5, 0.6) is 5.75 Å². The number of hydrogen-bond acceptors (Lipinski definition) is 5. The highest BCUT2D eigenvalue weighted by molar-refractivity contribution is 5.98. The molecule has 0 saturated heterocycles. The topological polar surface area (TPSA) is 102 Å². The van der Waals surface area contributed by atoms with Gasteiger partial charge in [0.1, 0.15) is 11.3 Å². The average molecular weight is 322 g/mol. The molecule has 0 aliphatic heterocycles. The lowest BCUT2D eigenvalue weighted by atomic mass is 10.1. The molecule has 2 aromatic rings. The van der Waals surface area contributed by atoms with E-state index in [-0.39, 0.29) is 22.6 Å². The summed E-state index contributed by atoms with van der Waals surface area (Å²) in [5.74, 6) is -2.46. The van der Waals surface area contributed by atoms with Crippen molar-refractivity contribution in [2.24, 2.45) is 0 Å². The van der Waals surface area contributed by atoms with Crippen molar-refractivity contribution < 1.29 is 28.3 Å². The molecule has 1 amide bonds. The van der Waals surface area contributed by atoms with Crippen molar-refractivity contribution >= 4 is 11.9 Å². The number of nitrogens with one attached hydrogen (secondary N) is 1. The number of halogens is 1. The van der Waals surface area contributed by atoms with Crippen LogP contribution in [0.25, 0.3) is 0 Å². The van der Waals surface area contributed by atoms with Gasteiger partial charge in [-0.25, -0.2) is 9.18 Å². The van der Waals surface area contributed by atoms with Crippen molar-refractivity contribution in [2.75, 3.05) is 7.11 Å². The molecule has 0 fully saturated rings. The van der Waals surface area contributed by atoms with E-state index in [2.05, 4.69) is 10.5 Å². The molecule has 0 aliphatic carbocycles. The lowest BCUT2D eigenvalue weighted by Gasteiger charge is -2.15. The molecule has 7 nitrogen and oxygen atoms in total. The molecule has 1 aromatic carbocycles. The zero-order chi connectivity index (χ0) is 17.1. The first-order chi connectivity index (χ1) is 10.8. The molecule has 0 saturated carbocycles. The summed E-state index contributed by atoms with van der Waals surface area (Å²) in [6.07, 6.45) is 0. The molecule has 1 atom stereocenters. The normalized spacial score (nSPS) is 11.8. The highest BCUT2D eigenvalue weighted by Crippen LogP contribution is 2.23. The molecule has 0 radical (unpaired) electrons. The summed E-state index contributed by atoms with van der Waals surface area (Å²) in [5.41, 5.74) is 0.575. The summed E-state index contributed by atoms with van der Waals surface area (Å²) in [5, 5.41) is 15.3. The van der Waals surface area contributed by atoms with Crippen molar-refractivity contribution in [3.63, 3.8) is 0 Å². The van der Waals surface area contributed by atoms with Gasteiger partial charge in [0.25, 0.3) is 5.91 Å². The second-order valence-electron chi connectivity index (χ2n) is 4.84.